The molecule has 0 saturated carbocycles. The number of sulfonamides is 1. The molecule has 152 valence electrons. The van der Waals surface area contributed by atoms with Gasteiger partial charge in [-0.2, -0.15) is 0 Å². The van der Waals surface area contributed by atoms with Crippen LogP contribution in [-0.4, -0.2) is 25.4 Å². The van der Waals surface area contributed by atoms with Crippen molar-refractivity contribution in [3.05, 3.63) is 70.7 Å². The molecule has 3 rings (SSSR count). The Bertz CT molecular complexity index is 1080. The molecule has 6 nitrogen and oxygen atoms in total. The third-order valence-electron chi connectivity index (χ3n) is 3.95. The molecule has 0 unspecified atom stereocenters. The molecule has 0 aliphatic rings. The van der Waals surface area contributed by atoms with Crippen molar-refractivity contribution in [1.29, 1.82) is 0 Å². The second kappa shape index (κ2) is 9.30. The largest absolute Gasteiger partial charge is 0.348 e. The highest BCUT2D eigenvalue weighted by molar-refractivity contribution is 7.88. The van der Waals surface area contributed by atoms with E-state index in [1.807, 2.05) is 36.4 Å². The van der Waals surface area contributed by atoms with Gasteiger partial charge in [-0.05, 0) is 43.2 Å². The lowest BCUT2D eigenvalue weighted by Gasteiger charge is -2.10. The summed E-state index contributed by atoms with van der Waals surface area (Å²) < 4.78 is 27.6. The van der Waals surface area contributed by atoms with Crippen LogP contribution in [0.3, 0.4) is 0 Å². The van der Waals surface area contributed by atoms with E-state index in [0.29, 0.717) is 12.1 Å². The van der Waals surface area contributed by atoms with E-state index in [9.17, 15) is 13.2 Å². The van der Waals surface area contributed by atoms with Gasteiger partial charge in [-0.15, -0.1) is 11.3 Å². The van der Waals surface area contributed by atoms with Gasteiger partial charge in [0.2, 0.25) is 15.9 Å². The standard InChI is InChI=1S/C21H23N3O3S2/c1-15(2)24-29(26,27)14-17-9-7-16(8-10-17)13-22-20(25)11-12-21-23-18-5-3-4-6-19(18)28-21/h3-12,15,24H,13-14H2,1-2H3,(H,22,25)/b12-11+. The highest BCUT2D eigenvalue weighted by Crippen LogP contribution is 2.22. The zero-order valence-corrected chi connectivity index (χ0v) is 17.9. The van der Waals surface area contributed by atoms with E-state index in [0.717, 1.165) is 20.8 Å². The highest BCUT2D eigenvalue weighted by atomic mass is 32.2. The van der Waals surface area contributed by atoms with E-state index in [1.165, 1.54) is 17.4 Å². The van der Waals surface area contributed by atoms with Crippen molar-refractivity contribution >= 4 is 43.6 Å². The Labute approximate surface area is 174 Å². The molecule has 2 N–H and O–H groups in total. The van der Waals surface area contributed by atoms with Crippen molar-refractivity contribution in [3.63, 3.8) is 0 Å². The van der Waals surface area contributed by atoms with Crippen molar-refractivity contribution in [3.8, 4) is 0 Å². The molecule has 0 aliphatic heterocycles. The van der Waals surface area contributed by atoms with E-state index in [2.05, 4.69) is 15.0 Å². The molecular weight excluding hydrogens is 406 g/mol. The van der Waals surface area contributed by atoms with Gasteiger partial charge in [-0.25, -0.2) is 18.1 Å². The third-order valence-corrected chi connectivity index (χ3v) is 6.49. The summed E-state index contributed by atoms with van der Waals surface area (Å²) in [5, 5.41) is 3.60. The topological polar surface area (TPSA) is 88.2 Å². The van der Waals surface area contributed by atoms with Crippen LogP contribution < -0.4 is 10.0 Å². The molecule has 0 saturated heterocycles. The predicted octanol–water partition coefficient (Wildman–Crippen LogP) is 3.45. The van der Waals surface area contributed by atoms with Crippen LogP contribution in [0.25, 0.3) is 16.3 Å². The fourth-order valence-corrected chi connectivity index (χ4v) is 5.03. The normalized spacial score (nSPS) is 12.1. The number of aromatic nitrogens is 1. The monoisotopic (exact) mass is 429 g/mol. The number of carbonyl (C=O) groups is 1. The summed E-state index contributed by atoms with van der Waals surface area (Å²) in [6.45, 7) is 3.93. The van der Waals surface area contributed by atoms with Crippen molar-refractivity contribution in [2.75, 3.05) is 0 Å². The van der Waals surface area contributed by atoms with E-state index in [4.69, 9.17) is 0 Å². The van der Waals surface area contributed by atoms with Crippen LogP contribution in [0.5, 0.6) is 0 Å². The summed E-state index contributed by atoms with van der Waals surface area (Å²) in [4.78, 5) is 16.5. The maximum atomic E-state index is 12.1. The van der Waals surface area contributed by atoms with E-state index >= 15 is 0 Å². The zero-order chi connectivity index (χ0) is 20.9. The number of nitrogens with zero attached hydrogens (tertiary/aromatic N) is 1. The highest BCUT2D eigenvalue weighted by Gasteiger charge is 2.12. The molecule has 0 atom stereocenters. The van der Waals surface area contributed by atoms with Gasteiger partial charge in [0.1, 0.15) is 5.01 Å². The third kappa shape index (κ3) is 6.49. The lowest BCUT2D eigenvalue weighted by molar-refractivity contribution is -0.116. The average Bonchev–Trinajstić information content (AvgIpc) is 3.07. The maximum absolute atomic E-state index is 12.1. The van der Waals surface area contributed by atoms with Gasteiger partial charge in [-0.1, -0.05) is 36.4 Å². The Hall–Kier alpha value is -2.55. The van der Waals surface area contributed by atoms with Crippen molar-refractivity contribution in [2.45, 2.75) is 32.2 Å². The van der Waals surface area contributed by atoms with Gasteiger partial charge in [0, 0.05) is 18.7 Å². The molecular formula is C21H23N3O3S2. The first-order valence-corrected chi connectivity index (χ1v) is 11.7. The number of amides is 1. The first-order valence-electron chi connectivity index (χ1n) is 9.20. The Morgan fingerprint density at radius 2 is 1.79 bits per heavy atom. The van der Waals surface area contributed by atoms with Crippen molar-refractivity contribution < 1.29 is 13.2 Å². The van der Waals surface area contributed by atoms with Crippen LogP contribution in [-0.2, 0) is 27.1 Å². The molecule has 1 aromatic heterocycles. The number of thiazole rings is 1. The van der Waals surface area contributed by atoms with Crippen LogP contribution in [0.1, 0.15) is 30.0 Å². The summed E-state index contributed by atoms with van der Waals surface area (Å²) in [6.07, 6.45) is 3.17. The van der Waals surface area contributed by atoms with Crippen LogP contribution >= 0.6 is 11.3 Å². The predicted molar refractivity (Wildman–Crippen MR) is 118 cm³/mol. The first kappa shape index (κ1) is 21.2. The van der Waals surface area contributed by atoms with Crippen molar-refractivity contribution in [1.82, 2.24) is 15.0 Å². The molecule has 1 heterocycles. The molecule has 0 fully saturated rings. The number of benzene rings is 2. The number of carbonyl (C=O) groups excluding carboxylic acids is 1. The molecule has 3 aromatic rings. The maximum Gasteiger partial charge on any atom is 0.244 e. The fraction of sp³-hybridized carbons (Fsp3) is 0.238. The van der Waals surface area contributed by atoms with Crippen LogP contribution in [0.2, 0.25) is 0 Å². The summed E-state index contributed by atoms with van der Waals surface area (Å²) in [5.74, 6) is -0.278. The fourth-order valence-electron chi connectivity index (χ4n) is 2.73. The minimum Gasteiger partial charge on any atom is -0.348 e. The Kier molecular flexibility index (Phi) is 6.79. The number of rotatable bonds is 8. The van der Waals surface area contributed by atoms with E-state index in [1.54, 1.807) is 32.1 Å². The minimum atomic E-state index is -3.35. The number of fused-ring (bicyclic) bond motifs is 1. The number of nitrogens with one attached hydrogen (secondary N) is 2. The quantitative estimate of drug-likeness (QED) is 0.537. The SMILES string of the molecule is CC(C)NS(=O)(=O)Cc1ccc(CNC(=O)/C=C/c2nc3ccccc3s2)cc1. The van der Waals surface area contributed by atoms with Gasteiger partial charge >= 0.3 is 0 Å². The first-order chi connectivity index (χ1) is 13.8. The Balaban J connectivity index is 1.52. The van der Waals surface area contributed by atoms with E-state index < -0.39 is 10.0 Å². The minimum absolute atomic E-state index is 0.0667. The molecule has 0 spiro atoms. The lowest BCUT2D eigenvalue weighted by atomic mass is 10.1. The molecule has 0 radical (unpaired) electrons. The number of hydrogen-bond acceptors (Lipinski definition) is 5. The smallest absolute Gasteiger partial charge is 0.244 e. The van der Waals surface area contributed by atoms with E-state index in [-0.39, 0.29) is 17.7 Å². The number of para-hydroxylation sites is 1. The zero-order valence-electron chi connectivity index (χ0n) is 16.3. The number of hydrogen-bond donors (Lipinski definition) is 2. The van der Waals surface area contributed by atoms with Gasteiger partial charge in [-0.3, -0.25) is 4.79 Å². The van der Waals surface area contributed by atoms with Crippen LogP contribution in [0.4, 0.5) is 0 Å². The molecule has 29 heavy (non-hydrogen) atoms. The molecule has 0 aliphatic carbocycles. The lowest BCUT2D eigenvalue weighted by Crippen LogP contribution is -2.31. The Morgan fingerprint density at radius 1 is 1.10 bits per heavy atom. The molecule has 8 heteroatoms. The van der Waals surface area contributed by atoms with Gasteiger partial charge in [0.05, 0.1) is 16.0 Å². The van der Waals surface area contributed by atoms with Crippen LogP contribution in [0.15, 0.2) is 54.6 Å². The molecule has 1 amide bonds. The summed E-state index contributed by atoms with van der Waals surface area (Å²) >= 11 is 1.53. The molecule has 0 bridgehead atoms. The second-order valence-electron chi connectivity index (χ2n) is 6.92. The summed E-state index contributed by atoms with van der Waals surface area (Å²) in [5.41, 5.74) is 2.51. The summed E-state index contributed by atoms with van der Waals surface area (Å²) in [6, 6.07) is 14.9. The van der Waals surface area contributed by atoms with Crippen molar-refractivity contribution in [2.24, 2.45) is 0 Å². The summed E-state index contributed by atoms with van der Waals surface area (Å²) in [7, 11) is -3.35. The van der Waals surface area contributed by atoms with Crippen LogP contribution in [0, 0.1) is 0 Å². The van der Waals surface area contributed by atoms with Gasteiger partial charge < -0.3 is 5.32 Å². The van der Waals surface area contributed by atoms with Gasteiger partial charge in [0.25, 0.3) is 0 Å². The van der Waals surface area contributed by atoms with Gasteiger partial charge in [0.15, 0.2) is 0 Å². The Morgan fingerprint density at radius 3 is 2.48 bits per heavy atom. The second-order valence-corrected chi connectivity index (χ2v) is 9.74. The average molecular weight is 430 g/mol. The molecule has 2 aromatic carbocycles.